The summed E-state index contributed by atoms with van der Waals surface area (Å²) in [6, 6.07) is 15.2. The Morgan fingerprint density at radius 2 is 1.90 bits per heavy atom. The monoisotopic (exact) mass is 439 g/mol. The Morgan fingerprint density at radius 1 is 1.14 bits per heavy atom. The molecule has 0 spiro atoms. The Bertz CT molecular complexity index is 1190. The van der Waals surface area contributed by atoms with Gasteiger partial charge in [0.1, 0.15) is 15.0 Å². The minimum absolute atomic E-state index is 0.157. The highest BCUT2D eigenvalue weighted by Crippen LogP contribution is 2.35. The lowest BCUT2D eigenvalue weighted by Gasteiger charge is -2.12. The van der Waals surface area contributed by atoms with E-state index in [0.717, 1.165) is 11.3 Å². The van der Waals surface area contributed by atoms with Crippen LogP contribution >= 0.6 is 35.7 Å². The van der Waals surface area contributed by atoms with E-state index in [4.69, 9.17) is 12.2 Å². The maximum Gasteiger partial charge on any atom is 0.266 e. The van der Waals surface area contributed by atoms with Gasteiger partial charge in [0, 0.05) is 17.6 Å². The van der Waals surface area contributed by atoms with Crippen LogP contribution in [0.2, 0.25) is 0 Å². The van der Waals surface area contributed by atoms with Crippen LogP contribution in [0.15, 0.2) is 74.3 Å². The number of thioether (sulfide) groups is 1. The summed E-state index contributed by atoms with van der Waals surface area (Å²) in [5, 5.41) is 0.563. The smallest absolute Gasteiger partial charge is 0.266 e. The highest BCUT2D eigenvalue weighted by molar-refractivity contribution is 8.26. The second-order valence-corrected chi connectivity index (χ2v) is 9.05. The minimum Gasteiger partial charge on any atom is -0.293 e. The molecular formula is C21H17N3O2S3. The van der Waals surface area contributed by atoms with E-state index in [0.29, 0.717) is 32.0 Å². The summed E-state index contributed by atoms with van der Waals surface area (Å²) in [5.74, 6) is -0.157. The first kappa shape index (κ1) is 19.9. The molecule has 4 rings (SSSR count). The Balaban J connectivity index is 1.85. The van der Waals surface area contributed by atoms with E-state index in [9.17, 15) is 9.59 Å². The van der Waals surface area contributed by atoms with Crippen molar-refractivity contribution in [3.05, 3.63) is 75.6 Å². The average molecular weight is 440 g/mol. The van der Waals surface area contributed by atoms with E-state index in [1.807, 2.05) is 43.3 Å². The molecule has 29 heavy (non-hydrogen) atoms. The summed E-state index contributed by atoms with van der Waals surface area (Å²) < 4.78 is 2.02. The fourth-order valence-electron chi connectivity index (χ4n) is 2.93. The number of carbonyl (C=O) groups is 1. The third-order valence-electron chi connectivity index (χ3n) is 4.29. The number of nitrogens with zero attached hydrogens (tertiary/aromatic N) is 3. The number of aromatic nitrogens is 2. The number of amides is 1. The second kappa shape index (κ2) is 8.52. The largest absolute Gasteiger partial charge is 0.293 e. The van der Waals surface area contributed by atoms with E-state index in [2.05, 4.69) is 4.98 Å². The molecule has 146 valence electrons. The van der Waals surface area contributed by atoms with Crippen LogP contribution in [0.1, 0.15) is 18.9 Å². The number of hydrogen-bond acceptors (Lipinski definition) is 6. The van der Waals surface area contributed by atoms with Crippen molar-refractivity contribution in [3.63, 3.8) is 0 Å². The van der Waals surface area contributed by atoms with Crippen molar-refractivity contribution in [2.45, 2.75) is 23.3 Å². The third-order valence-corrected chi connectivity index (χ3v) is 6.68. The summed E-state index contributed by atoms with van der Waals surface area (Å²) in [7, 11) is 0. The average Bonchev–Trinajstić information content (AvgIpc) is 2.99. The van der Waals surface area contributed by atoms with Gasteiger partial charge in [-0.15, -0.1) is 0 Å². The molecule has 1 amide bonds. The lowest BCUT2D eigenvalue weighted by Crippen LogP contribution is -2.28. The first-order valence-corrected chi connectivity index (χ1v) is 11.1. The van der Waals surface area contributed by atoms with Crippen LogP contribution in [0.4, 0.5) is 0 Å². The van der Waals surface area contributed by atoms with Gasteiger partial charge in [0.2, 0.25) is 0 Å². The molecule has 8 heteroatoms. The van der Waals surface area contributed by atoms with E-state index in [1.54, 1.807) is 29.3 Å². The summed E-state index contributed by atoms with van der Waals surface area (Å²) in [6.07, 6.45) is 4.13. The van der Waals surface area contributed by atoms with Gasteiger partial charge in [-0.1, -0.05) is 66.9 Å². The van der Waals surface area contributed by atoms with E-state index in [-0.39, 0.29) is 11.5 Å². The summed E-state index contributed by atoms with van der Waals surface area (Å²) >= 11 is 7.98. The van der Waals surface area contributed by atoms with Crippen LogP contribution in [-0.4, -0.2) is 31.1 Å². The molecule has 2 aromatic heterocycles. The Labute approximate surface area is 181 Å². The van der Waals surface area contributed by atoms with Gasteiger partial charge in [-0.25, -0.2) is 4.98 Å². The molecule has 0 radical (unpaired) electrons. The zero-order valence-corrected chi connectivity index (χ0v) is 18.0. The van der Waals surface area contributed by atoms with Crippen molar-refractivity contribution in [2.24, 2.45) is 0 Å². The number of benzene rings is 1. The molecule has 0 unspecified atom stereocenters. The molecule has 0 saturated carbocycles. The van der Waals surface area contributed by atoms with Crippen LogP contribution in [0.5, 0.6) is 0 Å². The van der Waals surface area contributed by atoms with Crippen LogP contribution in [0.3, 0.4) is 0 Å². The molecule has 0 atom stereocenters. The van der Waals surface area contributed by atoms with Gasteiger partial charge in [0.25, 0.3) is 11.5 Å². The summed E-state index contributed by atoms with van der Waals surface area (Å²) in [4.78, 5) is 33.7. The normalized spacial score (nSPS) is 15.6. The molecule has 0 aliphatic carbocycles. The molecule has 1 aliphatic heterocycles. The highest BCUT2D eigenvalue weighted by Gasteiger charge is 2.32. The fraction of sp³-hybridized carbons (Fsp3) is 0.143. The van der Waals surface area contributed by atoms with Crippen molar-refractivity contribution < 1.29 is 4.79 Å². The first-order valence-electron chi connectivity index (χ1n) is 9.08. The van der Waals surface area contributed by atoms with Crippen LogP contribution in [0.25, 0.3) is 11.7 Å². The number of pyridine rings is 1. The van der Waals surface area contributed by atoms with Crippen molar-refractivity contribution in [1.29, 1.82) is 0 Å². The molecule has 0 N–H and O–H groups in total. The maximum absolute atomic E-state index is 13.2. The van der Waals surface area contributed by atoms with E-state index in [1.165, 1.54) is 27.9 Å². The molecule has 1 saturated heterocycles. The van der Waals surface area contributed by atoms with Crippen molar-refractivity contribution in [2.75, 3.05) is 6.54 Å². The predicted octanol–water partition coefficient (Wildman–Crippen LogP) is 4.46. The second-order valence-electron chi connectivity index (χ2n) is 6.31. The van der Waals surface area contributed by atoms with Crippen molar-refractivity contribution >= 4 is 57.7 Å². The maximum atomic E-state index is 13.2. The molecule has 1 aliphatic rings. The Hall–Kier alpha value is -2.42. The van der Waals surface area contributed by atoms with Crippen molar-refractivity contribution in [3.8, 4) is 0 Å². The number of fused-ring (bicyclic) bond motifs is 1. The van der Waals surface area contributed by atoms with Gasteiger partial charge in [-0.05, 0) is 36.8 Å². The number of rotatable bonds is 5. The molecule has 1 aromatic carbocycles. The van der Waals surface area contributed by atoms with Gasteiger partial charge in [-0.3, -0.25) is 18.9 Å². The summed E-state index contributed by atoms with van der Waals surface area (Å²) in [6.45, 7) is 2.57. The van der Waals surface area contributed by atoms with Crippen LogP contribution < -0.4 is 5.56 Å². The molecule has 1 fully saturated rings. The predicted molar refractivity (Wildman–Crippen MR) is 122 cm³/mol. The molecule has 5 nitrogen and oxygen atoms in total. The minimum atomic E-state index is -0.213. The topological polar surface area (TPSA) is 54.7 Å². The number of carbonyl (C=O) groups excluding carboxylic acids is 1. The fourth-order valence-corrected chi connectivity index (χ4v) is 5.13. The van der Waals surface area contributed by atoms with Gasteiger partial charge in [0.05, 0.1) is 10.5 Å². The standard InChI is InChI=1S/C21H17N3O2S3/c1-2-11-24-20(26)16(29-21(24)27)13-15-18(28-14-8-4-3-5-9-14)22-17-10-6-7-12-23(17)19(15)25/h3-10,12-13H,2,11H2,1H3/b16-13-. The van der Waals surface area contributed by atoms with Crippen LogP contribution in [-0.2, 0) is 4.79 Å². The lowest BCUT2D eigenvalue weighted by molar-refractivity contribution is -0.122. The van der Waals surface area contributed by atoms with Gasteiger partial charge in [-0.2, -0.15) is 0 Å². The third kappa shape index (κ3) is 4.01. The quantitative estimate of drug-likeness (QED) is 0.332. The van der Waals surface area contributed by atoms with E-state index >= 15 is 0 Å². The molecule has 3 heterocycles. The molecule has 0 bridgehead atoms. The zero-order valence-electron chi connectivity index (χ0n) is 15.6. The Kier molecular flexibility index (Phi) is 5.84. The van der Waals surface area contributed by atoms with E-state index < -0.39 is 0 Å². The molecule has 3 aromatic rings. The van der Waals surface area contributed by atoms with Gasteiger partial charge < -0.3 is 0 Å². The Morgan fingerprint density at radius 3 is 2.66 bits per heavy atom. The summed E-state index contributed by atoms with van der Waals surface area (Å²) in [5.41, 5.74) is 0.737. The van der Waals surface area contributed by atoms with Gasteiger partial charge >= 0.3 is 0 Å². The van der Waals surface area contributed by atoms with Crippen LogP contribution in [0, 0.1) is 0 Å². The number of hydrogen-bond donors (Lipinski definition) is 0. The lowest BCUT2D eigenvalue weighted by atomic mass is 10.2. The number of thiocarbonyl (C=S) groups is 1. The van der Waals surface area contributed by atoms with Crippen molar-refractivity contribution in [1.82, 2.24) is 14.3 Å². The van der Waals surface area contributed by atoms with Gasteiger partial charge in [0.15, 0.2) is 0 Å². The zero-order chi connectivity index (χ0) is 20.4. The highest BCUT2D eigenvalue weighted by atomic mass is 32.2. The SMILES string of the molecule is CCCN1C(=O)/C(=C/c2c(Sc3ccccc3)nc3ccccn3c2=O)SC1=S. The first-order chi connectivity index (χ1) is 14.1. The molecular weight excluding hydrogens is 422 g/mol.